The third-order valence-corrected chi connectivity index (χ3v) is 4.13. The lowest BCUT2D eigenvalue weighted by molar-refractivity contribution is 0.408. The molecule has 2 unspecified atom stereocenters. The van der Waals surface area contributed by atoms with Crippen LogP contribution in [0.25, 0.3) is 0 Å². The van der Waals surface area contributed by atoms with Crippen LogP contribution in [0.1, 0.15) is 43.9 Å². The molecule has 1 aromatic rings. The number of fused-ring (bicyclic) bond motifs is 1. The average Bonchev–Trinajstić information content (AvgIpc) is 2.51. The van der Waals surface area contributed by atoms with E-state index in [2.05, 4.69) is 19.2 Å². The van der Waals surface area contributed by atoms with E-state index in [0.29, 0.717) is 12.0 Å². The normalized spacial score (nSPS) is 23.3. The molecule has 0 saturated heterocycles. The molecule has 0 aliphatic heterocycles. The lowest BCUT2D eigenvalue weighted by atomic mass is 9.96. The molecule has 1 aliphatic carbocycles. The van der Waals surface area contributed by atoms with Crippen molar-refractivity contribution in [3.8, 4) is 5.75 Å². The molecule has 1 N–H and O–H groups in total. The van der Waals surface area contributed by atoms with Gasteiger partial charge in [0, 0.05) is 16.6 Å². The number of hydrogen-bond acceptors (Lipinski definition) is 2. The Hall–Kier alpha value is -0.730. The molecule has 0 amide bonds. The summed E-state index contributed by atoms with van der Waals surface area (Å²) < 4.78 is 5.50. The SMILES string of the molecule is CCNC1CC(C)CCc2c(OC)ccc(Cl)c21. The van der Waals surface area contributed by atoms with Gasteiger partial charge in [0.15, 0.2) is 0 Å². The van der Waals surface area contributed by atoms with E-state index in [9.17, 15) is 0 Å². The maximum atomic E-state index is 6.43. The van der Waals surface area contributed by atoms with Gasteiger partial charge in [-0.15, -0.1) is 0 Å². The van der Waals surface area contributed by atoms with Gasteiger partial charge in [0.1, 0.15) is 5.75 Å². The Kier molecular flexibility index (Phi) is 4.52. The van der Waals surface area contributed by atoms with E-state index in [-0.39, 0.29) is 0 Å². The zero-order valence-corrected chi connectivity index (χ0v) is 12.2. The predicted octanol–water partition coefficient (Wildman–Crippen LogP) is 3.97. The van der Waals surface area contributed by atoms with Crippen molar-refractivity contribution in [2.75, 3.05) is 13.7 Å². The van der Waals surface area contributed by atoms with Crippen molar-refractivity contribution < 1.29 is 4.74 Å². The molecule has 0 fully saturated rings. The summed E-state index contributed by atoms with van der Waals surface area (Å²) >= 11 is 6.43. The van der Waals surface area contributed by atoms with Gasteiger partial charge in [0.2, 0.25) is 0 Å². The minimum absolute atomic E-state index is 0.352. The molecule has 0 saturated carbocycles. The second-order valence-electron chi connectivity index (χ2n) is 5.13. The largest absolute Gasteiger partial charge is 0.496 e. The molecule has 1 aliphatic rings. The fraction of sp³-hybridized carbons (Fsp3) is 0.600. The third-order valence-electron chi connectivity index (χ3n) is 3.80. The van der Waals surface area contributed by atoms with Gasteiger partial charge in [-0.05, 0) is 49.4 Å². The number of ether oxygens (including phenoxy) is 1. The summed E-state index contributed by atoms with van der Waals surface area (Å²) in [5, 5.41) is 4.43. The maximum Gasteiger partial charge on any atom is 0.122 e. The Balaban J connectivity index is 2.49. The van der Waals surface area contributed by atoms with Crippen LogP contribution in [0.3, 0.4) is 0 Å². The standard InChI is InChI=1S/C15H22ClNO/c1-4-17-13-9-10(2)5-6-11-14(18-3)8-7-12(16)15(11)13/h7-8,10,13,17H,4-6,9H2,1-3H3. The van der Waals surface area contributed by atoms with Gasteiger partial charge in [0.05, 0.1) is 7.11 Å². The fourth-order valence-electron chi connectivity index (χ4n) is 2.90. The zero-order valence-electron chi connectivity index (χ0n) is 11.4. The van der Waals surface area contributed by atoms with Crippen LogP contribution in [0.5, 0.6) is 5.75 Å². The van der Waals surface area contributed by atoms with Crippen molar-refractivity contribution >= 4 is 11.6 Å². The zero-order chi connectivity index (χ0) is 13.1. The van der Waals surface area contributed by atoms with Crippen LogP contribution in [0.4, 0.5) is 0 Å². The first kappa shape index (κ1) is 13.7. The second kappa shape index (κ2) is 5.94. The molecule has 0 aromatic heterocycles. The number of hydrogen-bond donors (Lipinski definition) is 1. The van der Waals surface area contributed by atoms with E-state index in [1.54, 1.807) is 7.11 Å². The molecular weight excluding hydrogens is 246 g/mol. The monoisotopic (exact) mass is 267 g/mol. The molecule has 3 heteroatoms. The van der Waals surface area contributed by atoms with Crippen LogP contribution in [0.15, 0.2) is 12.1 Å². The second-order valence-corrected chi connectivity index (χ2v) is 5.54. The van der Waals surface area contributed by atoms with Crippen LogP contribution in [0.2, 0.25) is 5.02 Å². The van der Waals surface area contributed by atoms with Crippen molar-refractivity contribution in [2.24, 2.45) is 5.92 Å². The summed E-state index contributed by atoms with van der Waals surface area (Å²) in [4.78, 5) is 0. The van der Waals surface area contributed by atoms with Gasteiger partial charge in [-0.25, -0.2) is 0 Å². The van der Waals surface area contributed by atoms with Gasteiger partial charge in [0.25, 0.3) is 0 Å². The fourth-order valence-corrected chi connectivity index (χ4v) is 3.21. The molecule has 2 atom stereocenters. The predicted molar refractivity (Wildman–Crippen MR) is 76.5 cm³/mol. The van der Waals surface area contributed by atoms with E-state index in [4.69, 9.17) is 16.3 Å². The average molecular weight is 268 g/mol. The van der Waals surface area contributed by atoms with Gasteiger partial charge in [-0.1, -0.05) is 25.4 Å². The molecular formula is C15H22ClNO. The van der Waals surface area contributed by atoms with E-state index >= 15 is 0 Å². The molecule has 0 heterocycles. The van der Waals surface area contributed by atoms with E-state index in [1.807, 2.05) is 12.1 Å². The highest BCUT2D eigenvalue weighted by Gasteiger charge is 2.26. The van der Waals surface area contributed by atoms with Crippen LogP contribution in [-0.4, -0.2) is 13.7 Å². The third kappa shape index (κ3) is 2.65. The molecule has 1 aromatic carbocycles. The van der Waals surface area contributed by atoms with Crippen LogP contribution >= 0.6 is 11.6 Å². The van der Waals surface area contributed by atoms with Gasteiger partial charge >= 0.3 is 0 Å². The molecule has 2 rings (SSSR count). The van der Waals surface area contributed by atoms with Crippen molar-refractivity contribution in [2.45, 2.75) is 39.2 Å². The Bertz CT molecular complexity index is 419. The summed E-state index contributed by atoms with van der Waals surface area (Å²) in [6, 6.07) is 4.30. The van der Waals surface area contributed by atoms with Crippen molar-refractivity contribution in [3.63, 3.8) is 0 Å². The summed E-state index contributed by atoms with van der Waals surface area (Å²) in [5.41, 5.74) is 2.54. The Morgan fingerprint density at radius 2 is 2.22 bits per heavy atom. The summed E-state index contributed by atoms with van der Waals surface area (Å²) in [6.07, 6.45) is 3.40. The number of halogens is 1. The van der Waals surface area contributed by atoms with E-state index < -0.39 is 0 Å². The lowest BCUT2D eigenvalue weighted by Crippen LogP contribution is -2.23. The summed E-state index contributed by atoms with van der Waals surface area (Å²) in [6.45, 7) is 5.42. The molecule has 18 heavy (non-hydrogen) atoms. The topological polar surface area (TPSA) is 21.3 Å². The molecule has 100 valence electrons. The highest BCUT2D eigenvalue weighted by Crippen LogP contribution is 2.40. The van der Waals surface area contributed by atoms with E-state index in [1.165, 1.54) is 17.5 Å². The van der Waals surface area contributed by atoms with E-state index in [0.717, 1.165) is 30.2 Å². The first-order valence-electron chi connectivity index (χ1n) is 6.76. The first-order chi connectivity index (χ1) is 8.67. The highest BCUT2D eigenvalue weighted by molar-refractivity contribution is 6.31. The Morgan fingerprint density at radius 1 is 1.44 bits per heavy atom. The number of rotatable bonds is 3. The highest BCUT2D eigenvalue weighted by atomic mass is 35.5. The van der Waals surface area contributed by atoms with Crippen LogP contribution < -0.4 is 10.1 Å². The Morgan fingerprint density at radius 3 is 2.89 bits per heavy atom. The quantitative estimate of drug-likeness (QED) is 0.837. The van der Waals surface area contributed by atoms with Gasteiger partial charge in [-0.3, -0.25) is 0 Å². The van der Waals surface area contributed by atoms with Crippen LogP contribution in [-0.2, 0) is 6.42 Å². The molecule has 0 bridgehead atoms. The first-order valence-corrected chi connectivity index (χ1v) is 7.13. The number of benzene rings is 1. The van der Waals surface area contributed by atoms with Crippen molar-refractivity contribution in [1.29, 1.82) is 0 Å². The van der Waals surface area contributed by atoms with Crippen LogP contribution in [0, 0.1) is 5.92 Å². The van der Waals surface area contributed by atoms with Gasteiger partial charge < -0.3 is 10.1 Å². The maximum absolute atomic E-state index is 6.43. The van der Waals surface area contributed by atoms with Crippen molar-refractivity contribution in [1.82, 2.24) is 5.32 Å². The number of nitrogens with one attached hydrogen (secondary N) is 1. The smallest absolute Gasteiger partial charge is 0.122 e. The summed E-state index contributed by atoms with van der Waals surface area (Å²) in [7, 11) is 1.74. The van der Waals surface area contributed by atoms with Crippen molar-refractivity contribution in [3.05, 3.63) is 28.3 Å². The molecule has 2 nitrogen and oxygen atoms in total. The lowest BCUT2D eigenvalue weighted by Gasteiger charge is -2.22. The van der Waals surface area contributed by atoms with Gasteiger partial charge in [-0.2, -0.15) is 0 Å². The molecule has 0 spiro atoms. The number of methoxy groups -OCH3 is 1. The summed E-state index contributed by atoms with van der Waals surface area (Å²) in [5.74, 6) is 1.69. The molecule has 0 radical (unpaired) electrons. The Labute approximate surface area is 115 Å². The minimum atomic E-state index is 0.352. The minimum Gasteiger partial charge on any atom is -0.496 e.